The third kappa shape index (κ3) is 3.06. The van der Waals surface area contributed by atoms with Crippen LogP contribution in [-0.4, -0.2) is 26.1 Å². The fraction of sp³-hybridized carbons (Fsp3) is 0.333. The molecule has 0 aliphatic carbocycles. The van der Waals surface area contributed by atoms with Crippen molar-refractivity contribution in [2.24, 2.45) is 5.73 Å². The van der Waals surface area contributed by atoms with Crippen molar-refractivity contribution in [3.8, 4) is 5.75 Å². The Kier molecular flexibility index (Phi) is 4.07. The van der Waals surface area contributed by atoms with E-state index in [-0.39, 0.29) is 6.61 Å². The first-order valence-corrected chi connectivity index (χ1v) is 5.99. The van der Waals surface area contributed by atoms with E-state index in [2.05, 4.69) is 15.5 Å². The zero-order valence-corrected chi connectivity index (χ0v) is 10.6. The molecule has 0 spiro atoms. The van der Waals surface area contributed by atoms with Gasteiger partial charge in [0.05, 0.1) is 5.56 Å². The molecule has 7 heteroatoms. The normalized spacial score (nSPS) is 10.4. The predicted molar refractivity (Wildman–Crippen MR) is 67.4 cm³/mol. The number of carbonyl (C=O) groups is 1. The van der Waals surface area contributed by atoms with E-state index in [1.807, 2.05) is 6.92 Å². The van der Waals surface area contributed by atoms with Crippen molar-refractivity contribution in [1.29, 1.82) is 0 Å². The van der Waals surface area contributed by atoms with Gasteiger partial charge in [-0.15, -0.1) is 5.10 Å². The van der Waals surface area contributed by atoms with E-state index in [0.717, 1.165) is 13.0 Å². The molecule has 1 aromatic heterocycles. The van der Waals surface area contributed by atoms with Crippen LogP contribution in [0.2, 0.25) is 0 Å². The van der Waals surface area contributed by atoms with Gasteiger partial charge in [-0.2, -0.15) is 0 Å². The lowest BCUT2D eigenvalue weighted by Gasteiger charge is -2.09. The van der Waals surface area contributed by atoms with Crippen LogP contribution in [0.1, 0.15) is 29.5 Å². The molecule has 2 rings (SSSR count). The van der Waals surface area contributed by atoms with Gasteiger partial charge in [-0.05, 0) is 29.0 Å². The number of hydrogen-bond acceptors (Lipinski definition) is 5. The first-order chi connectivity index (χ1) is 9.22. The van der Waals surface area contributed by atoms with E-state index >= 15 is 0 Å². The average Bonchev–Trinajstić information content (AvgIpc) is 2.84. The van der Waals surface area contributed by atoms with Crippen LogP contribution in [0.15, 0.2) is 24.3 Å². The molecule has 2 aromatic rings. The van der Waals surface area contributed by atoms with Crippen molar-refractivity contribution in [1.82, 2.24) is 20.2 Å². The quantitative estimate of drug-likeness (QED) is 0.828. The number of nitrogens with zero attached hydrogens (tertiary/aromatic N) is 4. The van der Waals surface area contributed by atoms with E-state index in [4.69, 9.17) is 10.5 Å². The molecule has 1 amide bonds. The first-order valence-electron chi connectivity index (χ1n) is 5.99. The monoisotopic (exact) mass is 261 g/mol. The predicted octanol–water partition coefficient (Wildman–Crippen LogP) is 0.761. The summed E-state index contributed by atoms with van der Waals surface area (Å²) >= 11 is 0. The zero-order valence-electron chi connectivity index (χ0n) is 10.6. The smallest absolute Gasteiger partial charge is 0.252 e. The Hall–Kier alpha value is -2.44. The Labute approximate surface area is 110 Å². The molecule has 0 unspecified atom stereocenters. The lowest BCUT2D eigenvalue weighted by Crippen LogP contribution is -2.14. The van der Waals surface area contributed by atoms with Gasteiger partial charge in [0.2, 0.25) is 0 Å². The van der Waals surface area contributed by atoms with Gasteiger partial charge in [-0.25, -0.2) is 4.68 Å². The molecule has 0 bridgehead atoms. The third-order valence-electron chi connectivity index (χ3n) is 2.55. The minimum Gasteiger partial charge on any atom is -0.485 e. The Morgan fingerprint density at radius 2 is 2.21 bits per heavy atom. The van der Waals surface area contributed by atoms with Crippen LogP contribution in [0.4, 0.5) is 0 Å². The van der Waals surface area contributed by atoms with Gasteiger partial charge in [-0.1, -0.05) is 19.1 Å². The van der Waals surface area contributed by atoms with Crippen molar-refractivity contribution < 1.29 is 9.53 Å². The summed E-state index contributed by atoms with van der Waals surface area (Å²) in [4.78, 5) is 11.2. The van der Waals surface area contributed by atoms with Crippen LogP contribution < -0.4 is 10.5 Å². The van der Waals surface area contributed by atoms with Crippen LogP contribution >= 0.6 is 0 Å². The number of hydrogen-bond donors (Lipinski definition) is 1. The molecule has 0 atom stereocenters. The van der Waals surface area contributed by atoms with Crippen LogP contribution in [0.3, 0.4) is 0 Å². The number of aryl methyl sites for hydroxylation is 1. The highest BCUT2D eigenvalue weighted by Crippen LogP contribution is 2.18. The number of aromatic nitrogens is 4. The Balaban J connectivity index is 2.10. The molecular formula is C12H15N5O2. The third-order valence-corrected chi connectivity index (χ3v) is 2.55. The average molecular weight is 261 g/mol. The van der Waals surface area contributed by atoms with Crippen LogP contribution in [0.25, 0.3) is 0 Å². The van der Waals surface area contributed by atoms with Gasteiger partial charge in [0.15, 0.2) is 5.82 Å². The van der Waals surface area contributed by atoms with Crippen LogP contribution in [0, 0.1) is 0 Å². The largest absolute Gasteiger partial charge is 0.485 e. The molecule has 0 aliphatic rings. The Morgan fingerprint density at radius 3 is 2.95 bits per heavy atom. The first kappa shape index (κ1) is 13.0. The van der Waals surface area contributed by atoms with Gasteiger partial charge >= 0.3 is 0 Å². The van der Waals surface area contributed by atoms with Gasteiger partial charge in [-0.3, -0.25) is 4.79 Å². The Morgan fingerprint density at radius 1 is 1.42 bits per heavy atom. The second-order valence-corrected chi connectivity index (χ2v) is 3.97. The van der Waals surface area contributed by atoms with Crippen molar-refractivity contribution in [2.75, 3.05) is 0 Å². The summed E-state index contributed by atoms with van der Waals surface area (Å²) in [7, 11) is 0. The fourth-order valence-corrected chi connectivity index (χ4v) is 1.65. The number of carbonyl (C=O) groups excluding carboxylic acids is 1. The molecule has 1 heterocycles. The standard InChI is InChI=1S/C12H15N5O2/c1-2-7-17-11(14-15-16-17)8-19-10-6-4-3-5-9(10)12(13)18/h3-6H,2,7-8H2,1H3,(H2,13,18). The lowest BCUT2D eigenvalue weighted by atomic mass is 10.2. The number of ether oxygens (including phenoxy) is 1. The summed E-state index contributed by atoms with van der Waals surface area (Å²) in [5, 5.41) is 11.3. The molecule has 0 aliphatic heterocycles. The lowest BCUT2D eigenvalue weighted by molar-refractivity contribution is 0.0995. The van der Waals surface area contributed by atoms with Crippen LogP contribution in [-0.2, 0) is 13.2 Å². The van der Waals surface area contributed by atoms with Crippen molar-refractivity contribution in [2.45, 2.75) is 26.5 Å². The van der Waals surface area contributed by atoms with Crippen molar-refractivity contribution in [3.05, 3.63) is 35.7 Å². The molecule has 7 nitrogen and oxygen atoms in total. The number of primary amides is 1. The molecule has 0 saturated carbocycles. The summed E-state index contributed by atoms with van der Waals surface area (Å²) in [5.74, 6) is 0.519. The Bertz CT molecular complexity index is 567. The second-order valence-electron chi connectivity index (χ2n) is 3.97. The van der Waals surface area contributed by atoms with E-state index in [1.165, 1.54) is 0 Å². The zero-order chi connectivity index (χ0) is 13.7. The van der Waals surface area contributed by atoms with Crippen molar-refractivity contribution in [3.63, 3.8) is 0 Å². The van der Waals surface area contributed by atoms with E-state index in [1.54, 1.807) is 28.9 Å². The molecule has 0 saturated heterocycles. The van der Waals surface area contributed by atoms with Gasteiger partial charge in [0, 0.05) is 6.54 Å². The maximum Gasteiger partial charge on any atom is 0.252 e. The topological polar surface area (TPSA) is 95.9 Å². The minimum absolute atomic E-state index is 0.192. The van der Waals surface area contributed by atoms with Crippen molar-refractivity contribution >= 4 is 5.91 Å². The van der Waals surface area contributed by atoms with E-state index in [0.29, 0.717) is 17.1 Å². The van der Waals surface area contributed by atoms with E-state index in [9.17, 15) is 4.79 Å². The summed E-state index contributed by atoms with van der Waals surface area (Å²) < 4.78 is 7.24. The summed E-state index contributed by atoms with van der Waals surface area (Å²) in [6, 6.07) is 6.81. The molecule has 19 heavy (non-hydrogen) atoms. The molecule has 1 aromatic carbocycles. The van der Waals surface area contributed by atoms with E-state index < -0.39 is 5.91 Å². The highest BCUT2D eigenvalue weighted by atomic mass is 16.5. The molecule has 100 valence electrons. The number of rotatable bonds is 6. The maximum atomic E-state index is 11.2. The van der Waals surface area contributed by atoms with Gasteiger partial charge in [0.25, 0.3) is 5.91 Å². The highest BCUT2D eigenvalue weighted by Gasteiger charge is 2.11. The molecule has 0 fully saturated rings. The summed E-state index contributed by atoms with van der Waals surface area (Å²) in [6.07, 6.45) is 0.927. The molecule has 2 N–H and O–H groups in total. The van der Waals surface area contributed by atoms with Gasteiger partial charge < -0.3 is 10.5 Å². The number of tetrazole rings is 1. The minimum atomic E-state index is -0.524. The number of amides is 1. The highest BCUT2D eigenvalue weighted by molar-refractivity contribution is 5.95. The molecule has 0 radical (unpaired) electrons. The van der Waals surface area contributed by atoms with Gasteiger partial charge in [0.1, 0.15) is 12.4 Å². The maximum absolute atomic E-state index is 11.2. The second kappa shape index (κ2) is 5.94. The molecular weight excluding hydrogens is 246 g/mol. The SMILES string of the molecule is CCCn1nnnc1COc1ccccc1C(N)=O. The summed E-state index contributed by atoms with van der Waals surface area (Å²) in [5.41, 5.74) is 5.62. The fourth-order valence-electron chi connectivity index (χ4n) is 1.65. The number of benzene rings is 1. The number of para-hydroxylation sites is 1. The number of nitrogens with two attached hydrogens (primary N) is 1. The van der Waals surface area contributed by atoms with Crippen LogP contribution in [0.5, 0.6) is 5.75 Å². The summed E-state index contributed by atoms with van der Waals surface area (Å²) in [6.45, 7) is 2.95.